The predicted molar refractivity (Wildman–Crippen MR) is 85.4 cm³/mol. The minimum absolute atomic E-state index is 0.0280. The smallest absolute Gasteiger partial charge is 0.416 e. The van der Waals surface area contributed by atoms with Crippen LogP contribution in [0.5, 0.6) is 0 Å². The molecule has 2 N–H and O–H groups in total. The molecule has 0 fully saturated rings. The van der Waals surface area contributed by atoms with Crippen molar-refractivity contribution in [3.8, 4) is 0 Å². The van der Waals surface area contributed by atoms with E-state index in [0.717, 1.165) is 0 Å². The molecule has 0 aliphatic heterocycles. The van der Waals surface area contributed by atoms with Gasteiger partial charge in [0.15, 0.2) is 5.76 Å². The Labute approximate surface area is 154 Å². The summed E-state index contributed by atoms with van der Waals surface area (Å²) >= 11 is 0. The zero-order valence-electron chi connectivity index (χ0n) is 14.1. The van der Waals surface area contributed by atoms with Gasteiger partial charge in [0.1, 0.15) is 0 Å². The molecule has 0 bridgehead atoms. The van der Waals surface area contributed by atoms with Gasteiger partial charge in [0.05, 0.1) is 17.4 Å². The third-order valence-corrected chi connectivity index (χ3v) is 3.48. The lowest BCUT2D eigenvalue weighted by Crippen LogP contribution is -2.25. The fourth-order valence-corrected chi connectivity index (χ4v) is 2.20. The summed E-state index contributed by atoms with van der Waals surface area (Å²) in [4.78, 5) is 23.4. The largest absolute Gasteiger partial charge is 0.459 e. The zero-order valence-corrected chi connectivity index (χ0v) is 14.1. The van der Waals surface area contributed by atoms with Crippen LogP contribution in [0.2, 0.25) is 0 Å². The van der Waals surface area contributed by atoms with Crippen LogP contribution in [0, 0.1) is 0 Å². The van der Waals surface area contributed by atoms with Crippen molar-refractivity contribution in [1.29, 1.82) is 0 Å². The Morgan fingerprint density at radius 2 is 1.57 bits per heavy atom. The highest BCUT2D eigenvalue weighted by molar-refractivity contribution is 5.92. The van der Waals surface area contributed by atoms with Gasteiger partial charge in [-0.1, -0.05) is 0 Å². The summed E-state index contributed by atoms with van der Waals surface area (Å²) in [5.74, 6) is -1.24. The summed E-state index contributed by atoms with van der Waals surface area (Å²) in [6, 6.07) is 3.75. The molecule has 1 aromatic carbocycles. The maximum atomic E-state index is 12.8. The van der Waals surface area contributed by atoms with E-state index in [2.05, 4.69) is 5.32 Å². The molecule has 0 unspecified atom stereocenters. The van der Waals surface area contributed by atoms with Crippen LogP contribution in [-0.4, -0.2) is 18.4 Å². The van der Waals surface area contributed by atoms with Gasteiger partial charge in [0.2, 0.25) is 5.91 Å². The van der Waals surface area contributed by atoms with Crippen molar-refractivity contribution < 1.29 is 40.3 Å². The number of hydrogen-bond donors (Lipinski definition) is 2. The van der Waals surface area contributed by atoms with E-state index in [4.69, 9.17) is 4.42 Å². The summed E-state index contributed by atoms with van der Waals surface area (Å²) in [6.45, 7) is 0.0589. The first-order valence-corrected chi connectivity index (χ1v) is 7.88. The maximum Gasteiger partial charge on any atom is 0.416 e. The molecule has 2 aromatic rings. The average molecular weight is 408 g/mol. The first-order valence-electron chi connectivity index (χ1n) is 7.88. The lowest BCUT2D eigenvalue weighted by Gasteiger charge is -2.14. The van der Waals surface area contributed by atoms with Gasteiger partial charge in [0, 0.05) is 18.7 Å². The lowest BCUT2D eigenvalue weighted by atomic mass is 10.1. The van der Waals surface area contributed by atoms with Gasteiger partial charge in [-0.15, -0.1) is 0 Å². The fraction of sp³-hybridized carbons (Fsp3) is 0.294. The molecule has 0 aliphatic carbocycles. The van der Waals surface area contributed by atoms with E-state index in [-0.39, 0.29) is 31.2 Å². The molecular weight excluding hydrogens is 394 g/mol. The SMILES string of the molecule is O=C(CCCNC(=O)c1ccco1)Nc1cc(C(F)(F)F)cc(C(F)(F)F)c1. The molecule has 1 heterocycles. The van der Waals surface area contributed by atoms with Crippen molar-refractivity contribution in [3.05, 3.63) is 53.5 Å². The van der Waals surface area contributed by atoms with E-state index in [0.29, 0.717) is 12.1 Å². The van der Waals surface area contributed by atoms with Crippen LogP contribution in [0.15, 0.2) is 41.0 Å². The third kappa shape index (κ3) is 6.03. The van der Waals surface area contributed by atoms with Gasteiger partial charge in [-0.3, -0.25) is 9.59 Å². The fourth-order valence-electron chi connectivity index (χ4n) is 2.20. The molecule has 152 valence electrons. The van der Waals surface area contributed by atoms with Crippen LogP contribution in [0.25, 0.3) is 0 Å². The maximum absolute atomic E-state index is 12.8. The number of halogens is 6. The van der Waals surface area contributed by atoms with Crippen molar-refractivity contribution in [2.45, 2.75) is 25.2 Å². The predicted octanol–water partition coefficient (Wildman–Crippen LogP) is 4.47. The van der Waals surface area contributed by atoms with E-state index in [9.17, 15) is 35.9 Å². The van der Waals surface area contributed by atoms with Crippen LogP contribution < -0.4 is 10.6 Å². The molecule has 0 saturated heterocycles. The molecule has 0 atom stereocenters. The minimum Gasteiger partial charge on any atom is -0.459 e. The Morgan fingerprint density at radius 3 is 2.07 bits per heavy atom. The van der Waals surface area contributed by atoms with Gasteiger partial charge in [-0.25, -0.2) is 0 Å². The number of amides is 2. The van der Waals surface area contributed by atoms with E-state index in [1.807, 2.05) is 5.32 Å². The van der Waals surface area contributed by atoms with Gasteiger partial charge in [-0.05, 0) is 36.8 Å². The van der Waals surface area contributed by atoms with Crippen molar-refractivity contribution in [2.24, 2.45) is 0 Å². The molecular formula is C17H14F6N2O3. The summed E-state index contributed by atoms with van der Waals surface area (Å²) in [5, 5.41) is 4.46. The molecule has 2 amide bonds. The monoisotopic (exact) mass is 408 g/mol. The summed E-state index contributed by atoms with van der Waals surface area (Å²) in [6.07, 6.45) is -8.82. The molecule has 2 rings (SSSR count). The number of nitrogens with one attached hydrogen (secondary N) is 2. The Morgan fingerprint density at radius 1 is 0.964 bits per heavy atom. The van der Waals surface area contributed by atoms with E-state index in [1.165, 1.54) is 18.4 Å². The highest BCUT2D eigenvalue weighted by atomic mass is 19.4. The van der Waals surface area contributed by atoms with E-state index >= 15 is 0 Å². The van der Waals surface area contributed by atoms with Crippen molar-refractivity contribution in [2.75, 3.05) is 11.9 Å². The lowest BCUT2D eigenvalue weighted by molar-refractivity contribution is -0.143. The highest BCUT2D eigenvalue weighted by Gasteiger charge is 2.37. The Kier molecular flexibility index (Phi) is 6.37. The summed E-state index contributed by atoms with van der Waals surface area (Å²) in [7, 11) is 0. The molecule has 28 heavy (non-hydrogen) atoms. The Balaban J connectivity index is 1.94. The van der Waals surface area contributed by atoms with Crippen LogP contribution in [0.4, 0.5) is 32.0 Å². The number of carbonyl (C=O) groups excluding carboxylic acids is 2. The van der Waals surface area contributed by atoms with Crippen molar-refractivity contribution in [3.63, 3.8) is 0 Å². The van der Waals surface area contributed by atoms with Gasteiger partial charge >= 0.3 is 12.4 Å². The summed E-state index contributed by atoms with van der Waals surface area (Å²) < 4.78 is 81.6. The second-order valence-electron chi connectivity index (χ2n) is 5.68. The standard InChI is InChI=1S/C17H14F6N2O3/c18-16(19,20)10-7-11(17(21,22)23)9-12(8-10)25-14(26)4-1-5-24-15(27)13-3-2-6-28-13/h2-3,6-9H,1,4-5H2,(H,24,27)(H,25,26). The highest BCUT2D eigenvalue weighted by Crippen LogP contribution is 2.37. The van der Waals surface area contributed by atoms with Crippen LogP contribution in [0.3, 0.4) is 0 Å². The molecule has 0 aliphatic rings. The normalized spacial score (nSPS) is 11.9. The van der Waals surface area contributed by atoms with Gasteiger partial charge in [0.25, 0.3) is 5.91 Å². The van der Waals surface area contributed by atoms with Gasteiger partial charge in [-0.2, -0.15) is 26.3 Å². The van der Waals surface area contributed by atoms with Crippen LogP contribution >= 0.6 is 0 Å². The molecule has 0 spiro atoms. The Hall–Kier alpha value is -2.98. The minimum atomic E-state index is -5.00. The molecule has 0 saturated carbocycles. The summed E-state index contributed by atoms with van der Waals surface area (Å²) in [5.41, 5.74) is -3.67. The number of furan rings is 1. The molecule has 5 nitrogen and oxygen atoms in total. The number of anilines is 1. The Bertz CT molecular complexity index is 796. The number of rotatable bonds is 6. The van der Waals surface area contributed by atoms with Gasteiger partial charge < -0.3 is 15.1 Å². The number of carbonyl (C=O) groups is 2. The van der Waals surface area contributed by atoms with Crippen molar-refractivity contribution in [1.82, 2.24) is 5.32 Å². The van der Waals surface area contributed by atoms with E-state index < -0.39 is 41.0 Å². The number of alkyl halides is 6. The molecule has 0 radical (unpaired) electrons. The van der Waals surface area contributed by atoms with Crippen LogP contribution in [-0.2, 0) is 17.1 Å². The second kappa shape index (κ2) is 8.36. The first kappa shape index (κ1) is 21.3. The first-order chi connectivity index (χ1) is 13.0. The average Bonchev–Trinajstić information content (AvgIpc) is 3.11. The van der Waals surface area contributed by atoms with Crippen LogP contribution in [0.1, 0.15) is 34.5 Å². The molecule has 1 aromatic heterocycles. The molecule has 11 heteroatoms. The number of benzene rings is 1. The number of hydrogen-bond acceptors (Lipinski definition) is 3. The second-order valence-corrected chi connectivity index (χ2v) is 5.68. The zero-order chi connectivity index (χ0) is 20.9. The topological polar surface area (TPSA) is 71.3 Å². The quantitative estimate of drug-likeness (QED) is 0.548. The van der Waals surface area contributed by atoms with Crippen molar-refractivity contribution >= 4 is 17.5 Å². The third-order valence-electron chi connectivity index (χ3n) is 3.48. The van der Waals surface area contributed by atoms with E-state index in [1.54, 1.807) is 0 Å².